The molecule has 4 aromatic rings. The number of amides is 1. The molecule has 61 heavy (non-hydrogen) atoms. The molecule has 1 saturated heterocycles. The van der Waals surface area contributed by atoms with Crippen LogP contribution in [0.3, 0.4) is 0 Å². The summed E-state index contributed by atoms with van der Waals surface area (Å²) in [5, 5.41) is 34.2. The van der Waals surface area contributed by atoms with Crippen LogP contribution in [0.4, 0.5) is 5.82 Å². The number of phenols is 1. The van der Waals surface area contributed by atoms with E-state index in [-0.39, 0.29) is 74.6 Å². The van der Waals surface area contributed by atoms with Crippen molar-refractivity contribution in [2.45, 2.75) is 24.9 Å². The number of carboxylic acid groups (broad SMARTS) is 1. The van der Waals surface area contributed by atoms with Crippen LogP contribution in [0.1, 0.15) is 38.9 Å². The van der Waals surface area contributed by atoms with Gasteiger partial charge in [0.2, 0.25) is 0 Å². The second kappa shape index (κ2) is 16.6. The van der Waals surface area contributed by atoms with E-state index in [4.69, 9.17) is 24.7 Å². The van der Waals surface area contributed by atoms with Gasteiger partial charge in [-0.1, -0.05) is 11.8 Å². The molecule has 0 radical (unpaired) electrons. The number of carbonyl (C=O) groups excluding carboxylic acids is 1. The van der Waals surface area contributed by atoms with Crippen LogP contribution in [0.15, 0.2) is 76.3 Å². The van der Waals surface area contributed by atoms with E-state index in [1.807, 2.05) is 0 Å². The van der Waals surface area contributed by atoms with Gasteiger partial charge in [-0.2, -0.15) is 8.62 Å². The van der Waals surface area contributed by atoms with Crippen LogP contribution < -0.4 is 16.5 Å². The number of nitrogens with one attached hydrogen (secondary N) is 1. The molecule has 2 aromatic carbocycles. The summed E-state index contributed by atoms with van der Waals surface area (Å²) in [6.07, 6.45) is -1.30. The maximum Gasteiger partial charge on any atom is 0.490 e. The Labute approximate surface area is 340 Å². The molecule has 4 heterocycles. The van der Waals surface area contributed by atoms with Crippen molar-refractivity contribution in [3.05, 3.63) is 94.0 Å². The minimum atomic E-state index is -5.78. The fourth-order valence-corrected chi connectivity index (χ4v) is 9.55. The van der Waals surface area contributed by atoms with Gasteiger partial charge in [0.25, 0.3) is 5.91 Å². The first-order chi connectivity index (χ1) is 28.7. The molecule has 1 fully saturated rings. The first-order valence-corrected chi connectivity index (χ1v) is 21.8. The number of fused-ring (bicyclic) bond motifs is 3. The Hall–Kier alpha value is -5.82. The number of aromatic nitrogens is 3. The number of benzene rings is 3. The van der Waals surface area contributed by atoms with E-state index in [0.717, 1.165) is 6.33 Å². The molecule has 0 saturated carbocycles. The first kappa shape index (κ1) is 43.3. The predicted molar refractivity (Wildman–Crippen MR) is 209 cm³/mol. The van der Waals surface area contributed by atoms with Gasteiger partial charge in [0.05, 0.1) is 35.8 Å². The van der Waals surface area contributed by atoms with Gasteiger partial charge in [-0.25, -0.2) is 28.5 Å². The number of ether oxygens (including phenoxy) is 1. The topological polar surface area (TPSA) is 363 Å². The van der Waals surface area contributed by atoms with E-state index < -0.39 is 60.4 Å². The number of phenolic OH excluding ortho intramolecular Hbond substituents is 1. The molecule has 3 aliphatic rings. The van der Waals surface area contributed by atoms with E-state index in [2.05, 4.69) is 40.3 Å². The molecule has 1 amide bonds. The van der Waals surface area contributed by atoms with Gasteiger partial charge in [-0.3, -0.25) is 14.1 Å². The second-order valence-electron chi connectivity index (χ2n) is 13.1. The minimum absolute atomic E-state index is 0.00124. The Morgan fingerprint density at radius 1 is 0.984 bits per heavy atom. The molecule has 0 bridgehead atoms. The summed E-state index contributed by atoms with van der Waals surface area (Å²) in [5.74, 6) is 3.71. The monoisotopic (exact) mass is 901 g/mol. The molecule has 2 aliphatic heterocycles. The smallest absolute Gasteiger partial charge is 0.490 e. The fourth-order valence-electron chi connectivity index (χ4n) is 6.52. The summed E-state index contributed by atoms with van der Waals surface area (Å²) in [4.78, 5) is 82.9. The third-order valence-electron chi connectivity index (χ3n) is 8.99. The van der Waals surface area contributed by atoms with Crippen molar-refractivity contribution in [1.29, 1.82) is 0 Å². The molecule has 23 nitrogen and oxygen atoms in total. The predicted octanol–water partition coefficient (Wildman–Crippen LogP) is 3.07. The van der Waals surface area contributed by atoms with E-state index in [9.17, 15) is 53.2 Å². The van der Waals surface area contributed by atoms with Gasteiger partial charge < -0.3 is 59.7 Å². The number of phosphoric ester groups is 1. The van der Waals surface area contributed by atoms with Crippen LogP contribution in [0, 0.1) is 11.8 Å². The lowest BCUT2D eigenvalue weighted by Crippen LogP contribution is -2.26. The number of nitrogens with zero attached hydrogens (tertiary/aromatic N) is 3. The van der Waals surface area contributed by atoms with Gasteiger partial charge in [0, 0.05) is 46.8 Å². The Bertz CT molecular complexity index is 2990. The minimum Gasteiger partial charge on any atom is -0.508 e. The average molecular weight is 902 g/mol. The number of nitrogens with two attached hydrogens (primary N) is 1. The van der Waals surface area contributed by atoms with Gasteiger partial charge in [0.1, 0.15) is 47.2 Å². The zero-order chi connectivity index (χ0) is 44.0. The van der Waals surface area contributed by atoms with Crippen molar-refractivity contribution in [2.75, 3.05) is 18.9 Å². The van der Waals surface area contributed by atoms with E-state index in [0.29, 0.717) is 16.5 Å². The number of carboxylic acids is 1. The van der Waals surface area contributed by atoms with Crippen LogP contribution in [-0.2, 0) is 31.6 Å². The number of anilines is 1. The molecule has 7 rings (SSSR count). The highest BCUT2D eigenvalue weighted by molar-refractivity contribution is 7.66. The van der Waals surface area contributed by atoms with Crippen LogP contribution in [-0.4, -0.2) is 86.7 Å². The number of aliphatic hydroxyl groups excluding tert-OH is 1. The lowest BCUT2D eigenvalue weighted by molar-refractivity contribution is -0.0421. The van der Waals surface area contributed by atoms with Crippen molar-refractivity contribution in [3.8, 4) is 40.0 Å². The molecule has 0 spiro atoms. The van der Waals surface area contributed by atoms with Crippen molar-refractivity contribution in [3.63, 3.8) is 0 Å². The molecule has 10 N–H and O–H groups in total. The number of nitrogen functional groups attached to an aromatic ring is 1. The van der Waals surface area contributed by atoms with Crippen molar-refractivity contribution in [1.82, 2.24) is 19.9 Å². The SMILES string of the molecule is Nc1ncnc2c1c(C#CCNC(=O)c1ccc(C(=O)O)c(-c3c4ccc(=O)cc-4oc4cc(O)ccc34)c1)cn2[C@H]1C[C@H](O)[C@@H](COP(=O)(O)OP(=O)(O)OP(=O)(O)O)O1. The Morgan fingerprint density at radius 3 is 2.49 bits per heavy atom. The standard InChI is InChI=1S/C35H30N5O18P3/c36-32-30-18(14-40(33(30)39-16-38-32)29-13-25(43)28(56-29)15-54-60(50,51)58-61(52,53)57-59(47,48)49)2-1-9-37-34(44)17-3-6-21(35(45)46)24(10-17)31-22-7-4-19(41)11-26(22)55-27-12-20(42)5-8-23(27)31/h3-8,10-12,14,16,25,28-29,41,43H,9,13,15H2,(H,37,44)(H,45,46)(H,50,51)(H,52,53)(H2,36,38,39)(H2,47,48,49)/t25-,28+,29+/m0/s1. The second-order valence-corrected chi connectivity index (χ2v) is 17.5. The summed E-state index contributed by atoms with van der Waals surface area (Å²) in [7, 11) is -16.9. The van der Waals surface area contributed by atoms with E-state index in [1.165, 1.54) is 65.4 Å². The summed E-state index contributed by atoms with van der Waals surface area (Å²) in [5.41, 5.74) is 7.11. The zero-order valence-electron chi connectivity index (χ0n) is 30.6. The molecular formula is C35H30N5O18P3. The molecule has 2 unspecified atom stereocenters. The summed E-state index contributed by atoms with van der Waals surface area (Å²) >= 11 is 0. The largest absolute Gasteiger partial charge is 0.508 e. The number of hydrogen-bond donors (Lipinski definition) is 9. The molecule has 2 aromatic heterocycles. The number of aliphatic hydroxyl groups is 1. The number of aromatic carboxylic acids is 1. The molecule has 26 heteroatoms. The number of rotatable bonds is 12. The van der Waals surface area contributed by atoms with Gasteiger partial charge in [-0.15, -0.1) is 0 Å². The maximum absolute atomic E-state index is 13.5. The lowest BCUT2D eigenvalue weighted by Gasteiger charge is -2.19. The Morgan fingerprint density at radius 2 is 1.75 bits per heavy atom. The molecule has 5 atom stereocenters. The van der Waals surface area contributed by atoms with Crippen molar-refractivity contribution >= 4 is 63.2 Å². The normalized spacial score (nSPS) is 18.7. The third kappa shape index (κ3) is 9.57. The summed E-state index contributed by atoms with van der Waals surface area (Å²) < 4.78 is 59.8. The maximum atomic E-state index is 13.5. The van der Waals surface area contributed by atoms with Gasteiger partial charge in [-0.05, 0) is 48.0 Å². The first-order valence-electron chi connectivity index (χ1n) is 17.3. The number of aromatic hydroxyl groups is 1. The van der Waals surface area contributed by atoms with Crippen molar-refractivity contribution < 1.29 is 80.5 Å². The molecule has 318 valence electrons. The van der Waals surface area contributed by atoms with E-state index in [1.54, 1.807) is 0 Å². The number of phosphoric acid groups is 3. The van der Waals surface area contributed by atoms with Crippen LogP contribution in [0.25, 0.3) is 44.5 Å². The molecule has 1 aliphatic carbocycles. The van der Waals surface area contributed by atoms with Crippen LogP contribution >= 0.6 is 23.5 Å². The highest BCUT2D eigenvalue weighted by atomic mass is 31.3. The van der Waals surface area contributed by atoms with Crippen LogP contribution in [0.2, 0.25) is 0 Å². The summed E-state index contributed by atoms with van der Waals surface area (Å²) in [6, 6.07) is 12.1. The molecular weight excluding hydrogens is 871 g/mol. The summed E-state index contributed by atoms with van der Waals surface area (Å²) in [6.45, 7) is -1.15. The zero-order valence-corrected chi connectivity index (χ0v) is 33.3. The fraction of sp³-hybridized carbons (Fsp3) is 0.171. The van der Waals surface area contributed by atoms with Gasteiger partial charge >= 0.3 is 29.4 Å². The van der Waals surface area contributed by atoms with Crippen molar-refractivity contribution in [2.24, 2.45) is 0 Å². The Kier molecular flexibility index (Phi) is 11.8. The lowest BCUT2D eigenvalue weighted by atomic mass is 9.89. The highest BCUT2D eigenvalue weighted by Gasteiger charge is 2.43. The van der Waals surface area contributed by atoms with Crippen LogP contribution in [0.5, 0.6) is 5.75 Å². The number of carbonyl (C=O) groups is 2. The number of hydrogen-bond acceptors (Lipinski definition) is 16. The third-order valence-corrected chi connectivity index (χ3v) is 12.8. The quantitative estimate of drug-likeness (QED) is 0.0484. The van der Waals surface area contributed by atoms with E-state index >= 15 is 0 Å². The van der Waals surface area contributed by atoms with Gasteiger partial charge in [0.15, 0.2) is 5.43 Å². The average Bonchev–Trinajstić information content (AvgIpc) is 3.73. The Balaban J connectivity index is 1.10. The highest BCUT2D eigenvalue weighted by Crippen LogP contribution is 2.66.